The number of rotatable bonds is 5. The lowest BCUT2D eigenvalue weighted by atomic mass is 10.0. The summed E-state index contributed by atoms with van der Waals surface area (Å²) in [5.74, 6) is 0.196. The van der Waals surface area contributed by atoms with Crippen LogP contribution < -0.4 is 0 Å². The van der Waals surface area contributed by atoms with E-state index in [1.54, 1.807) is 11.3 Å². The minimum absolute atomic E-state index is 0.112. The number of aromatic nitrogens is 2. The number of benzene rings is 2. The van der Waals surface area contributed by atoms with E-state index in [2.05, 4.69) is 33.0 Å². The second kappa shape index (κ2) is 7.71. The van der Waals surface area contributed by atoms with Crippen LogP contribution in [0.3, 0.4) is 0 Å². The molecule has 0 unspecified atom stereocenters. The van der Waals surface area contributed by atoms with Crippen molar-refractivity contribution in [3.8, 4) is 0 Å². The summed E-state index contributed by atoms with van der Waals surface area (Å²) in [7, 11) is 0. The van der Waals surface area contributed by atoms with Crippen LogP contribution in [0.15, 0.2) is 54.7 Å². The topological polar surface area (TPSA) is 52.2 Å². The Hall–Kier alpha value is -2.54. The van der Waals surface area contributed by atoms with E-state index in [0.29, 0.717) is 0 Å². The van der Waals surface area contributed by atoms with E-state index < -0.39 is 0 Å². The molecule has 1 N–H and O–H groups in total. The highest BCUT2D eigenvalue weighted by molar-refractivity contribution is 7.18. The maximum Gasteiger partial charge on any atom is 0.181 e. The molecule has 4 aromatic rings. The number of fused-ring (bicyclic) bond motifs is 2. The average molecular weight is 405 g/mol. The number of hydrogen-bond donors (Lipinski definition) is 1. The Balaban J connectivity index is 1.22. The molecule has 5 nitrogen and oxygen atoms in total. The lowest BCUT2D eigenvalue weighted by molar-refractivity contribution is 0.0688. The summed E-state index contributed by atoms with van der Waals surface area (Å²) in [6.45, 7) is 6.65. The van der Waals surface area contributed by atoms with E-state index in [9.17, 15) is 4.79 Å². The zero-order chi connectivity index (χ0) is 19.8. The zero-order valence-corrected chi connectivity index (χ0v) is 17.3. The van der Waals surface area contributed by atoms with Gasteiger partial charge in [-0.1, -0.05) is 30.3 Å². The second-order valence-corrected chi connectivity index (χ2v) is 8.79. The van der Waals surface area contributed by atoms with Crippen LogP contribution in [-0.4, -0.2) is 57.8 Å². The van der Waals surface area contributed by atoms with Gasteiger partial charge in [-0.25, -0.2) is 4.98 Å². The summed E-state index contributed by atoms with van der Waals surface area (Å²) >= 11 is 1.78. The van der Waals surface area contributed by atoms with Gasteiger partial charge in [0.2, 0.25) is 0 Å². The highest BCUT2D eigenvalue weighted by Crippen LogP contribution is 2.24. The number of carbonyl (C=O) groups is 1. The summed E-state index contributed by atoms with van der Waals surface area (Å²) < 4.78 is 1.25. The van der Waals surface area contributed by atoms with Gasteiger partial charge in [-0.15, -0.1) is 11.3 Å². The number of carbonyl (C=O) groups excluding carboxylic acids is 1. The van der Waals surface area contributed by atoms with Crippen molar-refractivity contribution in [2.45, 2.75) is 19.5 Å². The number of Topliss-reactive ketones (excluding diaryl/α,β-unsaturated/α-hetero) is 1. The fourth-order valence-corrected chi connectivity index (χ4v) is 5.16. The number of para-hydroxylation sites is 2. The zero-order valence-electron chi connectivity index (χ0n) is 16.5. The number of piperazine rings is 1. The number of nitrogens with zero attached hydrogens (tertiary/aromatic N) is 3. The van der Waals surface area contributed by atoms with Crippen LogP contribution in [0.2, 0.25) is 0 Å². The van der Waals surface area contributed by atoms with Crippen LogP contribution in [0.25, 0.3) is 21.1 Å². The monoisotopic (exact) mass is 404 g/mol. The van der Waals surface area contributed by atoms with Crippen molar-refractivity contribution in [1.29, 1.82) is 0 Å². The summed E-state index contributed by atoms with van der Waals surface area (Å²) in [4.78, 5) is 25.8. The number of ketones is 1. The first-order chi connectivity index (χ1) is 14.2. The highest BCUT2D eigenvalue weighted by Gasteiger charge is 2.27. The minimum atomic E-state index is -0.112. The molecule has 0 amide bonds. The van der Waals surface area contributed by atoms with Gasteiger partial charge in [0.05, 0.1) is 22.8 Å². The molecule has 1 aliphatic rings. The van der Waals surface area contributed by atoms with Crippen molar-refractivity contribution in [1.82, 2.24) is 19.8 Å². The van der Waals surface area contributed by atoms with Crippen LogP contribution in [0.1, 0.15) is 22.3 Å². The molecular formula is C23H24N4OS. The molecule has 1 fully saturated rings. The Morgan fingerprint density at radius 1 is 1.10 bits per heavy atom. The van der Waals surface area contributed by atoms with Gasteiger partial charge in [0.1, 0.15) is 5.01 Å². The Labute approximate surface area is 174 Å². The predicted octanol–water partition coefficient (Wildman–Crippen LogP) is 4.17. The summed E-state index contributed by atoms with van der Waals surface area (Å²) in [5, 5.41) is 2.18. The van der Waals surface area contributed by atoms with Crippen LogP contribution in [0, 0.1) is 0 Å². The molecule has 1 saturated heterocycles. The van der Waals surface area contributed by atoms with Gasteiger partial charge in [-0.05, 0) is 25.1 Å². The van der Waals surface area contributed by atoms with Gasteiger partial charge in [0.25, 0.3) is 0 Å². The lowest BCUT2D eigenvalue weighted by Gasteiger charge is -2.37. The van der Waals surface area contributed by atoms with Gasteiger partial charge >= 0.3 is 0 Å². The molecule has 1 atom stereocenters. The van der Waals surface area contributed by atoms with Gasteiger partial charge in [0.15, 0.2) is 5.78 Å². The van der Waals surface area contributed by atoms with Crippen LogP contribution >= 0.6 is 11.3 Å². The molecule has 2 aromatic heterocycles. The molecule has 0 aliphatic carbocycles. The molecule has 5 rings (SSSR count). The normalized spacial score (nSPS) is 17.1. The van der Waals surface area contributed by atoms with Crippen molar-refractivity contribution in [3.05, 3.63) is 65.3 Å². The maximum atomic E-state index is 13.1. The van der Waals surface area contributed by atoms with Crippen molar-refractivity contribution >= 4 is 38.2 Å². The molecule has 1 aliphatic heterocycles. The average Bonchev–Trinajstić information content (AvgIpc) is 3.37. The fraction of sp³-hybridized carbons (Fsp3) is 0.304. The van der Waals surface area contributed by atoms with Crippen LogP contribution in [0.4, 0.5) is 0 Å². The Morgan fingerprint density at radius 2 is 1.86 bits per heavy atom. The number of nitrogens with one attached hydrogen (secondary N) is 1. The van der Waals surface area contributed by atoms with E-state index in [1.165, 1.54) is 9.71 Å². The van der Waals surface area contributed by atoms with Crippen molar-refractivity contribution < 1.29 is 4.79 Å². The molecule has 0 spiro atoms. The van der Waals surface area contributed by atoms with E-state index in [-0.39, 0.29) is 11.8 Å². The minimum Gasteiger partial charge on any atom is -0.360 e. The first-order valence-corrected chi connectivity index (χ1v) is 10.9. The summed E-state index contributed by atoms with van der Waals surface area (Å²) in [6, 6.07) is 16.2. The maximum absolute atomic E-state index is 13.1. The van der Waals surface area contributed by atoms with Crippen LogP contribution in [-0.2, 0) is 6.54 Å². The summed E-state index contributed by atoms with van der Waals surface area (Å²) in [5.41, 5.74) is 2.90. The third-order valence-electron chi connectivity index (χ3n) is 5.89. The molecule has 148 valence electrons. The third-order valence-corrected chi connectivity index (χ3v) is 6.91. The Morgan fingerprint density at radius 3 is 2.69 bits per heavy atom. The van der Waals surface area contributed by atoms with Gasteiger partial charge in [-0.3, -0.25) is 14.6 Å². The first kappa shape index (κ1) is 18.5. The molecule has 0 saturated carbocycles. The predicted molar refractivity (Wildman–Crippen MR) is 119 cm³/mol. The van der Waals surface area contributed by atoms with Crippen molar-refractivity contribution in [3.63, 3.8) is 0 Å². The first-order valence-electron chi connectivity index (χ1n) is 10.1. The van der Waals surface area contributed by atoms with Gasteiger partial charge in [0, 0.05) is 48.8 Å². The highest BCUT2D eigenvalue weighted by atomic mass is 32.1. The van der Waals surface area contributed by atoms with Crippen molar-refractivity contribution in [2.24, 2.45) is 0 Å². The van der Waals surface area contributed by atoms with E-state index in [4.69, 9.17) is 4.98 Å². The van der Waals surface area contributed by atoms with E-state index in [1.807, 2.05) is 43.5 Å². The number of aromatic amines is 1. The number of hydrogen-bond acceptors (Lipinski definition) is 5. The molecule has 0 bridgehead atoms. The summed E-state index contributed by atoms with van der Waals surface area (Å²) in [6.07, 6.45) is 1.85. The molecule has 0 radical (unpaired) electrons. The second-order valence-electron chi connectivity index (χ2n) is 7.68. The SMILES string of the molecule is C[C@@H](C(=O)c1c[nH]c2ccccc12)N1CCN(Cc2nc3ccccc3s2)CC1. The molecule has 29 heavy (non-hydrogen) atoms. The molecule has 3 heterocycles. The molecule has 6 heteroatoms. The van der Waals surface area contributed by atoms with Gasteiger partial charge in [-0.2, -0.15) is 0 Å². The quantitative estimate of drug-likeness (QED) is 0.507. The van der Waals surface area contributed by atoms with E-state index >= 15 is 0 Å². The Kier molecular flexibility index (Phi) is 4.91. The standard InChI is InChI=1S/C23H24N4OS/c1-16(23(28)18-14-24-19-7-3-2-6-17(18)19)27-12-10-26(11-13-27)15-22-25-20-8-4-5-9-21(20)29-22/h2-9,14,16,24H,10-13,15H2,1H3/t16-/m0/s1. The third kappa shape index (κ3) is 3.59. The van der Waals surface area contributed by atoms with Crippen LogP contribution in [0.5, 0.6) is 0 Å². The lowest BCUT2D eigenvalue weighted by Crippen LogP contribution is -2.51. The Bertz CT molecular complexity index is 1120. The van der Waals surface area contributed by atoms with Crippen molar-refractivity contribution in [2.75, 3.05) is 26.2 Å². The molecular weight excluding hydrogens is 380 g/mol. The number of thiazole rings is 1. The largest absolute Gasteiger partial charge is 0.360 e. The van der Waals surface area contributed by atoms with Gasteiger partial charge < -0.3 is 4.98 Å². The number of H-pyrrole nitrogens is 1. The van der Waals surface area contributed by atoms with E-state index in [0.717, 1.165) is 54.7 Å². The fourth-order valence-electron chi connectivity index (χ4n) is 4.15. The smallest absolute Gasteiger partial charge is 0.181 e. The molecule has 2 aromatic carbocycles.